The number of hydrogen-bond donors (Lipinski definition) is 1. The van der Waals surface area contributed by atoms with Gasteiger partial charge in [0.2, 0.25) is 0 Å². The van der Waals surface area contributed by atoms with Gasteiger partial charge in [-0.25, -0.2) is 13.6 Å². The molecule has 1 N–H and O–H groups in total. The number of carbonyl (C=O) groups is 1. The first-order valence-corrected chi connectivity index (χ1v) is 11.1. The predicted octanol–water partition coefficient (Wildman–Crippen LogP) is 6.08. The Hall–Kier alpha value is -2.73. The van der Waals surface area contributed by atoms with Gasteiger partial charge in [0.05, 0.1) is 11.7 Å². The molecule has 6 heteroatoms. The quantitative estimate of drug-likeness (QED) is 0.531. The molecule has 0 bridgehead atoms. The van der Waals surface area contributed by atoms with E-state index in [9.17, 15) is 13.6 Å². The van der Waals surface area contributed by atoms with Crippen LogP contribution in [-0.2, 0) is 19.3 Å². The summed E-state index contributed by atoms with van der Waals surface area (Å²) in [5, 5.41) is 2.65. The number of thiophene rings is 1. The largest absolute Gasteiger partial charge is 0.322 e. The van der Waals surface area contributed by atoms with E-state index in [0.717, 1.165) is 37.0 Å². The highest BCUT2D eigenvalue weighted by molar-refractivity contribution is 7.12. The van der Waals surface area contributed by atoms with Crippen molar-refractivity contribution in [2.75, 3.05) is 11.9 Å². The van der Waals surface area contributed by atoms with Crippen LogP contribution in [0.3, 0.4) is 0 Å². The van der Waals surface area contributed by atoms with E-state index < -0.39 is 11.6 Å². The Labute approximate surface area is 178 Å². The van der Waals surface area contributed by atoms with Gasteiger partial charge < -0.3 is 10.2 Å². The number of aryl methyl sites for hydroxylation is 1. The Morgan fingerprint density at radius 1 is 1.00 bits per heavy atom. The van der Waals surface area contributed by atoms with Crippen LogP contribution in [0.1, 0.15) is 45.3 Å². The number of nitrogens with zero attached hydrogens (tertiary/aromatic N) is 1. The molecule has 0 fully saturated rings. The number of anilines is 1. The molecule has 0 spiro atoms. The van der Waals surface area contributed by atoms with Gasteiger partial charge in [0.25, 0.3) is 0 Å². The second kappa shape index (κ2) is 7.84. The molecule has 3 aromatic rings. The number of halogens is 2. The van der Waals surface area contributed by atoms with Gasteiger partial charge >= 0.3 is 6.03 Å². The molecule has 1 atom stereocenters. The Morgan fingerprint density at radius 2 is 1.80 bits per heavy atom. The van der Waals surface area contributed by atoms with Crippen molar-refractivity contribution >= 4 is 23.1 Å². The summed E-state index contributed by atoms with van der Waals surface area (Å²) < 4.78 is 27.4. The van der Waals surface area contributed by atoms with Crippen molar-refractivity contribution < 1.29 is 13.6 Å². The smallest absolute Gasteiger partial charge is 0.312 e. The van der Waals surface area contributed by atoms with Crippen LogP contribution in [0.25, 0.3) is 0 Å². The maximum absolute atomic E-state index is 14.1. The minimum Gasteiger partial charge on any atom is -0.312 e. The number of nitrogens with one attached hydrogen (secondary N) is 1. The summed E-state index contributed by atoms with van der Waals surface area (Å²) in [6.07, 6.45) is 5.48. The van der Waals surface area contributed by atoms with E-state index in [1.165, 1.54) is 39.8 Å². The normalized spacial score (nSPS) is 17.9. The van der Waals surface area contributed by atoms with Crippen LogP contribution in [0.5, 0.6) is 0 Å². The molecule has 2 heterocycles. The Balaban J connectivity index is 1.53. The maximum atomic E-state index is 14.1. The standard InChI is InChI=1S/C24H22F2N2OS/c25-16-10-11-20(19(26)14-16)27-24(29)28-13-12-18-17-8-4-5-9-21(17)30-23(18)22(28)15-6-2-1-3-7-15/h1-3,6-7,10-11,14,22H,4-5,8-9,12-13H2,(H,27,29)/t22-/m1/s1. The average Bonchev–Trinajstić information content (AvgIpc) is 3.14. The number of benzene rings is 2. The molecular weight excluding hydrogens is 402 g/mol. The second-order valence-electron chi connectivity index (χ2n) is 7.86. The molecule has 0 saturated carbocycles. The van der Waals surface area contributed by atoms with E-state index in [2.05, 4.69) is 5.32 Å². The first-order chi connectivity index (χ1) is 14.6. The van der Waals surface area contributed by atoms with Gasteiger partial charge in [-0.05, 0) is 60.9 Å². The first kappa shape index (κ1) is 19.2. The Kier molecular flexibility index (Phi) is 5.03. The lowest BCUT2D eigenvalue weighted by Gasteiger charge is -2.36. The van der Waals surface area contributed by atoms with Crippen LogP contribution in [0, 0.1) is 11.6 Å². The molecule has 30 heavy (non-hydrogen) atoms. The molecule has 0 radical (unpaired) electrons. The summed E-state index contributed by atoms with van der Waals surface area (Å²) in [6.45, 7) is 0.560. The molecule has 1 aliphatic carbocycles. The fraction of sp³-hybridized carbons (Fsp3) is 0.292. The number of carbonyl (C=O) groups excluding carboxylic acids is 1. The van der Waals surface area contributed by atoms with E-state index >= 15 is 0 Å². The van der Waals surface area contributed by atoms with Crippen LogP contribution < -0.4 is 5.32 Å². The number of amides is 2. The van der Waals surface area contributed by atoms with E-state index in [1.807, 2.05) is 41.7 Å². The summed E-state index contributed by atoms with van der Waals surface area (Å²) >= 11 is 1.83. The third kappa shape index (κ3) is 3.39. The summed E-state index contributed by atoms with van der Waals surface area (Å²) in [5.41, 5.74) is 3.93. The average molecular weight is 425 g/mol. The molecule has 2 amide bonds. The molecule has 3 nitrogen and oxygen atoms in total. The second-order valence-corrected chi connectivity index (χ2v) is 9.00. The highest BCUT2D eigenvalue weighted by Gasteiger charge is 2.36. The minimum absolute atomic E-state index is 0.00974. The van der Waals surface area contributed by atoms with E-state index in [0.29, 0.717) is 6.54 Å². The number of hydrogen-bond acceptors (Lipinski definition) is 2. The lowest BCUT2D eigenvalue weighted by molar-refractivity contribution is 0.195. The Bertz CT molecular complexity index is 1100. The number of fused-ring (bicyclic) bond motifs is 3. The van der Waals surface area contributed by atoms with Crippen LogP contribution in [0.4, 0.5) is 19.3 Å². The maximum Gasteiger partial charge on any atom is 0.322 e. The molecule has 0 saturated heterocycles. The predicted molar refractivity (Wildman–Crippen MR) is 115 cm³/mol. The van der Waals surface area contributed by atoms with E-state index in [4.69, 9.17) is 0 Å². The monoisotopic (exact) mass is 424 g/mol. The van der Waals surface area contributed by atoms with Crippen molar-refractivity contribution in [3.8, 4) is 0 Å². The van der Waals surface area contributed by atoms with Crippen molar-refractivity contribution in [2.24, 2.45) is 0 Å². The van der Waals surface area contributed by atoms with Crippen molar-refractivity contribution in [3.05, 3.63) is 86.6 Å². The summed E-state index contributed by atoms with van der Waals surface area (Å²) in [7, 11) is 0. The lowest BCUT2D eigenvalue weighted by atomic mass is 9.88. The van der Waals surface area contributed by atoms with Crippen LogP contribution in [-0.4, -0.2) is 17.5 Å². The van der Waals surface area contributed by atoms with Crippen LogP contribution in [0.2, 0.25) is 0 Å². The molecular formula is C24H22F2N2OS. The molecule has 0 unspecified atom stereocenters. The van der Waals surface area contributed by atoms with Crippen molar-refractivity contribution in [1.82, 2.24) is 4.90 Å². The molecule has 2 aromatic carbocycles. The molecule has 1 aromatic heterocycles. The van der Waals surface area contributed by atoms with Gasteiger partial charge in [0, 0.05) is 22.4 Å². The molecule has 2 aliphatic rings. The Morgan fingerprint density at radius 3 is 2.60 bits per heavy atom. The third-order valence-corrected chi connectivity index (χ3v) is 7.41. The van der Waals surface area contributed by atoms with Gasteiger partial charge in [-0.15, -0.1) is 11.3 Å². The van der Waals surface area contributed by atoms with Gasteiger partial charge in [-0.3, -0.25) is 0 Å². The molecule has 5 rings (SSSR count). The van der Waals surface area contributed by atoms with E-state index in [-0.39, 0.29) is 17.8 Å². The number of rotatable bonds is 2. The van der Waals surface area contributed by atoms with Crippen LogP contribution >= 0.6 is 11.3 Å². The SMILES string of the molecule is O=C(Nc1ccc(F)cc1F)N1CCc2c(sc3c2CCCC3)[C@H]1c1ccccc1. The molecule has 154 valence electrons. The fourth-order valence-electron chi connectivity index (χ4n) is 4.61. The lowest BCUT2D eigenvalue weighted by Crippen LogP contribution is -2.42. The topological polar surface area (TPSA) is 32.3 Å². The van der Waals surface area contributed by atoms with Crippen molar-refractivity contribution in [3.63, 3.8) is 0 Å². The zero-order valence-electron chi connectivity index (χ0n) is 16.5. The van der Waals surface area contributed by atoms with Crippen molar-refractivity contribution in [1.29, 1.82) is 0 Å². The van der Waals surface area contributed by atoms with Crippen molar-refractivity contribution in [2.45, 2.75) is 38.1 Å². The fourth-order valence-corrected chi connectivity index (χ4v) is 6.20. The summed E-state index contributed by atoms with van der Waals surface area (Å²) in [6, 6.07) is 12.6. The number of urea groups is 1. The summed E-state index contributed by atoms with van der Waals surface area (Å²) in [5.74, 6) is -1.44. The molecule has 1 aliphatic heterocycles. The zero-order chi connectivity index (χ0) is 20.7. The van der Waals surface area contributed by atoms with Gasteiger partial charge in [0.15, 0.2) is 0 Å². The highest BCUT2D eigenvalue weighted by Crippen LogP contribution is 2.45. The first-order valence-electron chi connectivity index (χ1n) is 10.3. The van der Waals surface area contributed by atoms with Gasteiger partial charge in [0.1, 0.15) is 11.6 Å². The highest BCUT2D eigenvalue weighted by atomic mass is 32.1. The van der Waals surface area contributed by atoms with Crippen LogP contribution in [0.15, 0.2) is 48.5 Å². The minimum atomic E-state index is -0.774. The zero-order valence-corrected chi connectivity index (χ0v) is 17.3. The van der Waals surface area contributed by atoms with Gasteiger partial charge in [-0.2, -0.15) is 0 Å². The third-order valence-electron chi connectivity index (χ3n) is 6.02. The summed E-state index contributed by atoms with van der Waals surface area (Å²) in [4.78, 5) is 17.7. The van der Waals surface area contributed by atoms with E-state index in [1.54, 1.807) is 4.90 Å². The van der Waals surface area contributed by atoms with Gasteiger partial charge in [-0.1, -0.05) is 30.3 Å².